The molecule has 0 radical (unpaired) electrons. The van der Waals surface area contributed by atoms with Gasteiger partial charge < -0.3 is 15.2 Å². The minimum absolute atomic E-state index is 0.0335. The van der Waals surface area contributed by atoms with E-state index in [9.17, 15) is 4.79 Å². The van der Waals surface area contributed by atoms with Gasteiger partial charge in [0.1, 0.15) is 0 Å². The Morgan fingerprint density at radius 3 is 2.64 bits per heavy atom. The highest BCUT2D eigenvalue weighted by Gasteiger charge is 2.40. The molecule has 3 atom stereocenters. The number of para-hydroxylation sites is 3. The Balaban J connectivity index is 1.45. The number of rotatable bonds is 4. The standard InChI is InChI=1S/C29H27N3O/c1-2-32(19-10-4-3-5-11-19)29(33)24-16-9-15-22-20-13-8-14-23(20)28(31-27(22)24)25-18-30-26-17-7-6-12-21(25)26/h3-13,15-18,20,23,28,30-31H,2,14H2,1H3. The molecule has 4 nitrogen and oxygen atoms in total. The Hall–Kier alpha value is -3.79. The molecular formula is C29H27N3O. The molecule has 3 aromatic carbocycles. The molecule has 1 aromatic heterocycles. The predicted octanol–water partition coefficient (Wildman–Crippen LogP) is 6.66. The van der Waals surface area contributed by atoms with E-state index < -0.39 is 0 Å². The minimum Gasteiger partial charge on any atom is -0.377 e. The molecule has 4 aromatic rings. The molecule has 1 aliphatic heterocycles. The number of H-pyrrole nitrogens is 1. The van der Waals surface area contributed by atoms with Gasteiger partial charge in [0.25, 0.3) is 5.91 Å². The van der Waals surface area contributed by atoms with Gasteiger partial charge in [-0.15, -0.1) is 0 Å². The highest BCUT2D eigenvalue weighted by atomic mass is 16.2. The summed E-state index contributed by atoms with van der Waals surface area (Å²) in [4.78, 5) is 19.1. The largest absolute Gasteiger partial charge is 0.377 e. The van der Waals surface area contributed by atoms with Gasteiger partial charge in [-0.2, -0.15) is 0 Å². The lowest BCUT2D eigenvalue weighted by atomic mass is 9.76. The molecule has 164 valence electrons. The van der Waals surface area contributed by atoms with E-state index in [0.717, 1.165) is 28.9 Å². The maximum absolute atomic E-state index is 13.8. The number of aromatic nitrogens is 1. The van der Waals surface area contributed by atoms with Crippen LogP contribution in [0.2, 0.25) is 0 Å². The molecule has 4 heteroatoms. The number of amides is 1. The van der Waals surface area contributed by atoms with Crippen LogP contribution in [0.5, 0.6) is 0 Å². The molecule has 2 heterocycles. The number of hydrogen-bond donors (Lipinski definition) is 2. The fourth-order valence-electron chi connectivity index (χ4n) is 5.66. The number of carbonyl (C=O) groups excluding carboxylic acids is 1. The van der Waals surface area contributed by atoms with Crippen molar-refractivity contribution in [3.63, 3.8) is 0 Å². The summed E-state index contributed by atoms with van der Waals surface area (Å²) in [7, 11) is 0. The summed E-state index contributed by atoms with van der Waals surface area (Å²) in [5, 5.41) is 5.08. The molecule has 2 N–H and O–H groups in total. The normalized spacial score (nSPS) is 20.8. The second-order valence-electron chi connectivity index (χ2n) is 8.92. The molecule has 2 aliphatic rings. The fraction of sp³-hybridized carbons (Fsp3) is 0.207. The number of carbonyl (C=O) groups is 1. The van der Waals surface area contributed by atoms with Crippen molar-refractivity contribution in [3.05, 3.63) is 108 Å². The van der Waals surface area contributed by atoms with Crippen molar-refractivity contribution in [2.45, 2.75) is 25.3 Å². The van der Waals surface area contributed by atoms with Crippen LogP contribution in [-0.2, 0) is 0 Å². The van der Waals surface area contributed by atoms with Gasteiger partial charge in [0.05, 0.1) is 17.3 Å². The van der Waals surface area contributed by atoms with Crippen LogP contribution in [0.4, 0.5) is 11.4 Å². The van der Waals surface area contributed by atoms with E-state index >= 15 is 0 Å². The van der Waals surface area contributed by atoms with Crippen molar-refractivity contribution < 1.29 is 4.79 Å². The van der Waals surface area contributed by atoms with Gasteiger partial charge in [-0.05, 0) is 54.7 Å². The van der Waals surface area contributed by atoms with Gasteiger partial charge >= 0.3 is 0 Å². The van der Waals surface area contributed by atoms with Gasteiger partial charge in [-0.25, -0.2) is 0 Å². The quantitative estimate of drug-likeness (QED) is 0.354. The van der Waals surface area contributed by atoms with E-state index in [0.29, 0.717) is 18.4 Å². The molecule has 1 aliphatic carbocycles. The zero-order valence-corrected chi connectivity index (χ0v) is 18.7. The summed E-state index contributed by atoms with van der Waals surface area (Å²) in [6.07, 6.45) is 7.79. The van der Waals surface area contributed by atoms with Crippen LogP contribution in [0, 0.1) is 5.92 Å². The van der Waals surface area contributed by atoms with E-state index in [-0.39, 0.29) is 11.9 Å². The lowest BCUT2D eigenvalue weighted by Crippen LogP contribution is -2.34. The third-order valence-corrected chi connectivity index (χ3v) is 7.21. The summed E-state index contributed by atoms with van der Waals surface area (Å²) < 4.78 is 0. The number of hydrogen-bond acceptors (Lipinski definition) is 2. The van der Waals surface area contributed by atoms with Crippen molar-refractivity contribution in [3.8, 4) is 0 Å². The first-order valence-electron chi connectivity index (χ1n) is 11.7. The van der Waals surface area contributed by atoms with E-state index in [1.54, 1.807) is 0 Å². The minimum atomic E-state index is 0.0335. The monoisotopic (exact) mass is 433 g/mol. The second kappa shape index (κ2) is 7.96. The molecule has 33 heavy (non-hydrogen) atoms. The van der Waals surface area contributed by atoms with Crippen molar-refractivity contribution in [2.24, 2.45) is 5.92 Å². The van der Waals surface area contributed by atoms with Crippen LogP contribution >= 0.6 is 0 Å². The van der Waals surface area contributed by atoms with Gasteiger partial charge in [-0.3, -0.25) is 4.79 Å². The van der Waals surface area contributed by atoms with Crippen LogP contribution in [0.3, 0.4) is 0 Å². The van der Waals surface area contributed by atoms with Crippen LogP contribution in [0.1, 0.15) is 46.8 Å². The number of nitrogens with zero attached hydrogens (tertiary/aromatic N) is 1. The van der Waals surface area contributed by atoms with Crippen molar-refractivity contribution in [1.29, 1.82) is 0 Å². The first-order chi connectivity index (χ1) is 16.3. The summed E-state index contributed by atoms with van der Waals surface area (Å²) in [5.74, 6) is 0.768. The molecule has 0 bridgehead atoms. The number of anilines is 2. The number of aromatic amines is 1. The number of nitrogens with one attached hydrogen (secondary N) is 2. The fourth-order valence-corrected chi connectivity index (χ4v) is 5.66. The Labute approximate surface area is 193 Å². The molecule has 0 fully saturated rings. The molecule has 0 saturated heterocycles. The molecular weight excluding hydrogens is 406 g/mol. The van der Waals surface area contributed by atoms with Gasteiger partial charge in [-0.1, -0.05) is 60.7 Å². The highest BCUT2D eigenvalue weighted by molar-refractivity contribution is 6.10. The Kier molecular flexibility index (Phi) is 4.79. The van der Waals surface area contributed by atoms with Gasteiger partial charge in [0.15, 0.2) is 0 Å². The van der Waals surface area contributed by atoms with Crippen LogP contribution < -0.4 is 10.2 Å². The second-order valence-corrected chi connectivity index (χ2v) is 8.92. The van der Waals surface area contributed by atoms with E-state index in [2.05, 4.69) is 59.0 Å². The zero-order valence-electron chi connectivity index (χ0n) is 18.7. The summed E-state index contributed by atoms with van der Waals surface area (Å²) in [6, 6.07) is 24.7. The topological polar surface area (TPSA) is 48.1 Å². The van der Waals surface area contributed by atoms with Crippen LogP contribution in [0.25, 0.3) is 10.9 Å². The zero-order chi connectivity index (χ0) is 22.4. The average molecular weight is 434 g/mol. The van der Waals surface area contributed by atoms with E-state index in [1.807, 2.05) is 54.3 Å². The lowest BCUT2D eigenvalue weighted by molar-refractivity contribution is 0.0988. The summed E-state index contributed by atoms with van der Waals surface area (Å²) in [6.45, 7) is 2.64. The smallest absolute Gasteiger partial charge is 0.260 e. The summed E-state index contributed by atoms with van der Waals surface area (Å²) in [5.41, 5.74) is 6.27. The number of fused-ring (bicyclic) bond motifs is 4. The maximum Gasteiger partial charge on any atom is 0.260 e. The summed E-state index contributed by atoms with van der Waals surface area (Å²) >= 11 is 0. The lowest BCUT2D eigenvalue weighted by Gasteiger charge is -2.38. The molecule has 1 amide bonds. The van der Waals surface area contributed by atoms with Crippen molar-refractivity contribution in [1.82, 2.24) is 4.98 Å². The first kappa shape index (κ1) is 19.9. The molecule has 0 saturated carbocycles. The van der Waals surface area contributed by atoms with Crippen LogP contribution in [0.15, 0.2) is 91.1 Å². The van der Waals surface area contributed by atoms with E-state index in [4.69, 9.17) is 0 Å². The van der Waals surface area contributed by atoms with Gasteiger partial charge in [0.2, 0.25) is 0 Å². The third kappa shape index (κ3) is 3.17. The van der Waals surface area contributed by atoms with Crippen molar-refractivity contribution >= 4 is 28.2 Å². The van der Waals surface area contributed by atoms with Gasteiger partial charge in [0, 0.05) is 35.2 Å². The average Bonchev–Trinajstić information content (AvgIpc) is 3.52. The predicted molar refractivity (Wildman–Crippen MR) is 135 cm³/mol. The molecule has 3 unspecified atom stereocenters. The van der Waals surface area contributed by atoms with E-state index in [1.165, 1.54) is 16.5 Å². The number of benzene rings is 3. The number of allylic oxidation sites excluding steroid dienone is 2. The molecule has 6 rings (SSSR count). The SMILES string of the molecule is CCN(C(=O)c1cccc2c1NC(c1c[nH]c3ccccc13)C1CC=CC21)c1ccccc1. The first-order valence-corrected chi connectivity index (χ1v) is 11.7. The third-order valence-electron chi connectivity index (χ3n) is 7.21. The Morgan fingerprint density at radius 2 is 1.79 bits per heavy atom. The Morgan fingerprint density at radius 1 is 0.970 bits per heavy atom. The van der Waals surface area contributed by atoms with Crippen LogP contribution in [-0.4, -0.2) is 17.4 Å². The Bertz CT molecular complexity index is 1350. The van der Waals surface area contributed by atoms with Crippen molar-refractivity contribution in [2.75, 3.05) is 16.8 Å². The maximum atomic E-state index is 13.8. The molecule has 0 spiro atoms. The highest BCUT2D eigenvalue weighted by Crippen LogP contribution is 2.51.